The fourth-order valence-corrected chi connectivity index (χ4v) is 2.49. The molecular formula is C17H30N2O2. The van der Waals surface area contributed by atoms with Crippen LogP contribution in [0.5, 0.6) is 0 Å². The summed E-state index contributed by atoms with van der Waals surface area (Å²) in [6.07, 6.45) is 16.3. The molecule has 0 saturated heterocycles. The summed E-state index contributed by atoms with van der Waals surface area (Å²) in [7, 11) is 0. The minimum Gasteiger partial charge on any atom is -0.335 e. The summed E-state index contributed by atoms with van der Waals surface area (Å²) >= 11 is 0. The first-order valence-electron chi connectivity index (χ1n) is 8.48. The average molecular weight is 294 g/mol. The summed E-state index contributed by atoms with van der Waals surface area (Å²) < 4.78 is 1.40. The van der Waals surface area contributed by atoms with Crippen molar-refractivity contribution in [1.29, 1.82) is 0 Å². The van der Waals surface area contributed by atoms with Gasteiger partial charge in [-0.05, 0) is 12.8 Å². The standard InChI is InChI=1S/C17H30N2O2/c1-3-5-7-9-11-16(12-10-8-6-4-2)17(20)21-19-14-13-18-15-19/h13-16H,3-12H2,1-2H3. The number of unbranched alkanes of at least 4 members (excludes halogenated alkanes) is 6. The van der Waals surface area contributed by atoms with Crippen LogP contribution in [0.2, 0.25) is 0 Å². The van der Waals surface area contributed by atoms with Gasteiger partial charge in [0, 0.05) is 6.20 Å². The smallest absolute Gasteiger partial charge is 0.335 e. The molecule has 0 saturated carbocycles. The SMILES string of the molecule is CCCCCCC(CCCCCC)C(=O)On1ccnc1. The highest BCUT2D eigenvalue weighted by molar-refractivity contribution is 5.72. The van der Waals surface area contributed by atoms with Crippen molar-refractivity contribution in [1.82, 2.24) is 9.71 Å². The first kappa shape index (κ1) is 17.7. The minimum atomic E-state index is -0.110. The second-order valence-corrected chi connectivity index (χ2v) is 5.73. The van der Waals surface area contributed by atoms with Gasteiger partial charge in [0.1, 0.15) is 6.33 Å². The molecule has 0 spiro atoms. The van der Waals surface area contributed by atoms with Crippen LogP contribution in [0.4, 0.5) is 0 Å². The third-order valence-electron chi connectivity index (χ3n) is 3.82. The Kier molecular flexibility index (Phi) is 9.58. The molecule has 0 aliphatic rings. The van der Waals surface area contributed by atoms with Crippen molar-refractivity contribution in [2.24, 2.45) is 5.92 Å². The Morgan fingerprint density at radius 2 is 1.67 bits per heavy atom. The number of hydrogen-bond donors (Lipinski definition) is 0. The van der Waals surface area contributed by atoms with E-state index in [0.29, 0.717) is 0 Å². The molecule has 0 aromatic carbocycles. The molecular weight excluding hydrogens is 264 g/mol. The van der Waals surface area contributed by atoms with Gasteiger partial charge in [0.25, 0.3) is 0 Å². The van der Waals surface area contributed by atoms with Crippen LogP contribution in [0.3, 0.4) is 0 Å². The second-order valence-electron chi connectivity index (χ2n) is 5.73. The molecule has 1 heterocycles. The van der Waals surface area contributed by atoms with Crippen molar-refractivity contribution in [3.63, 3.8) is 0 Å². The van der Waals surface area contributed by atoms with Crippen LogP contribution >= 0.6 is 0 Å². The lowest BCUT2D eigenvalue weighted by atomic mass is 9.94. The van der Waals surface area contributed by atoms with Gasteiger partial charge in [-0.1, -0.05) is 65.2 Å². The van der Waals surface area contributed by atoms with E-state index >= 15 is 0 Å². The summed E-state index contributed by atoms with van der Waals surface area (Å²) in [5, 5.41) is 0. The van der Waals surface area contributed by atoms with Crippen LogP contribution in [-0.2, 0) is 4.79 Å². The van der Waals surface area contributed by atoms with Gasteiger partial charge in [0.05, 0.1) is 12.1 Å². The number of aromatic nitrogens is 2. The monoisotopic (exact) mass is 294 g/mol. The van der Waals surface area contributed by atoms with Crippen LogP contribution in [0, 0.1) is 5.92 Å². The summed E-state index contributed by atoms with van der Waals surface area (Å²) in [6.45, 7) is 4.41. The normalized spacial score (nSPS) is 11.0. The Bertz CT molecular complexity index is 351. The van der Waals surface area contributed by atoms with Crippen LogP contribution in [-0.4, -0.2) is 15.7 Å². The highest BCUT2D eigenvalue weighted by Crippen LogP contribution is 2.19. The topological polar surface area (TPSA) is 44.1 Å². The lowest BCUT2D eigenvalue weighted by Crippen LogP contribution is -2.26. The molecule has 1 aromatic rings. The number of hydrogen-bond acceptors (Lipinski definition) is 3. The Morgan fingerprint density at radius 3 is 2.14 bits per heavy atom. The zero-order valence-corrected chi connectivity index (χ0v) is 13.6. The first-order valence-corrected chi connectivity index (χ1v) is 8.48. The molecule has 21 heavy (non-hydrogen) atoms. The maximum Gasteiger partial charge on any atom is 0.335 e. The maximum atomic E-state index is 12.3. The molecule has 0 bridgehead atoms. The second kappa shape index (κ2) is 11.4. The molecule has 4 heteroatoms. The molecule has 0 fully saturated rings. The van der Waals surface area contributed by atoms with Gasteiger partial charge in [-0.25, -0.2) is 9.78 Å². The number of carbonyl (C=O) groups is 1. The van der Waals surface area contributed by atoms with Crippen molar-refractivity contribution in [3.05, 3.63) is 18.7 Å². The molecule has 0 aliphatic carbocycles. The molecule has 120 valence electrons. The van der Waals surface area contributed by atoms with E-state index in [2.05, 4.69) is 18.8 Å². The van der Waals surface area contributed by atoms with Crippen LogP contribution in [0.15, 0.2) is 18.7 Å². The van der Waals surface area contributed by atoms with E-state index in [1.165, 1.54) is 49.6 Å². The highest BCUT2D eigenvalue weighted by atomic mass is 16.7. The Morgan fingerprint density at radius 1 is 1.05 bits per heavy atom. The molecule has 0 amide bonds. The molecule has 1 rings (SSSR count). The predicted octanol–water partition coefficient (Wildman–Crippen LogP) is 4.40. The molecule has 0 N–H and O–H groups in total. The molecule has 4 nitrogen and oxygen atoms in total. The number of carbonyl (C=O) groups excluding carboxylic acids is 1. The molecule has 0 radical (unpaired) electrons. The molecule has 0 unspecified atom stereocenters. The van der Waals surface area contributed by atoms with Gasteiger partial charge in [-0.2, -0.15) is 4.73 Å². The van der Waals surface area contributed by atoms with Crippen LogP contribution in [0.1, 0.15) is 78.1 Å². The maximum absolute atomic E-state index is 12.3. The lowest BCUT2D eigenvalue weighted by Gasteiger charge is -2.15. The van der Waals surface area contributed by atoms with Gasteiger partial charge >= 0.3 is 5.97 Å². The fourth-order valence-electron chi connectivity index (χ4n) is 2.49. The van der Waals surface area contributed by atoms with E-state index in [1.807, 2.05) is 0 Å². The number of nitrogens with zero attached hydrogens (tertiary/aromatic N) is 2. The van der Waals surface area contributed by atoms with E-state index in [-0.39, 0.29) is 11.9 Å². The molecule has 0 atom stereocenters. The Hall–Kier alpha value is -1.32. The fraction of sp³-hybridized carbons (Fsp3) is 0.765. The van der Waals surface area contributed by atoms with Gasteiger partial charge in [-0.15, -0.1) is 0 Å². The quantitative estimate of drug-likeness (QED) is 0.537. The van der Waals surface area contributed by atoms with E-state index in [4.69, 9.17) is 4.84 Å². The molecule has 1 aromatic heterocycles. The van der Waals surface area contributed by atoms with E-state index in [1.54, 1.807) is 12.4 Å². The summed E-state index contributed by atoms with van der Waals surface area (Å²) in [6, 6.07) is 0. The van der Waals surface area contributed by atoms with Crippen LogP contribution < -0.4 is 4.84 Å². The summed E-state index contributed by atoms with van der Waals surface area (Å²) in [4.78, 5) is 21.5. The number of imidazole rings is 1. The molecule has 0 aliphatic heterocycles. The highest BCUT2D eigenvalue weighted by Gasteiger charge is 2.20. The van der Waals surface area contributed by atoms with E-state index in [0.717, 1.165) is 25.7 Å². The summed E-state index contributed by atoms with van der Waals surface area (Å²) in [5.74, 6) is -0.0814. The zero-order chi connectivity index (χ0) is 15.3. The van der Waals surface area contributed by atoms with E-state index in [9.17, 15) is 4.79 Å². The van der Waals surface area contributed by atoms with Crippen LogP contribution in [0.25, 0.3) is 0 Å². The van der Waals surface area contributed by atoms with Gasteiger partial charge in [0.2, 0.25) is 0 Å². The van der Waals surface area contributed by atoms with E-state index < -0.39 is 0 Å². The number of rotatable bonds is 12. The van der Waals surface area contributed by atoms with Gasteiger partial charge in [0.15, 0.2) is 0 Å². The largest absolute Gasteiger partial charge is 0.335 e. The van der Waals surface area contributed by atoms with Crippen molar-refractivity contribution < 1.29 is 9.63 Å². The average Bonchev–Trinajstić information content (AvgIpc) is 2.98. The van der Waals surface area contributed by atoms with Crippen molar-refractivity contribution in [2.45, 2.75) is 78.1 Å². The van der Waals surface area contributed by atoms with Crippen molar-refractivity contribution >= 4 is 5.97 Å². The first-order chi connectivity index (χ1) is 10.3. The minimum absolute atomic E-state index is 0.0288. The predicted molar refractivity (Wildman–Crippen MR) is 84.8 cm³/mol. The summed E-state index contributed by atoms with van der Waals surface area (Å²) in [5.41, 5.74) is 0. The Balaban J connectivity index is 2.38. The van der Waals surface area contributed by atoms with Crippen molar-refractivity contribution in [3.8, 4) is 0 Å². The Labute approximate surface area is 128 Å². The van der Waals surface area contributed by atoms with Crippen molar-refractivity contribution in [2.75, 3.05) is 0 Å². The van der Waals surface area contributed by atoms with Gasteiger partial charge < -0.3 is 4.84 Å². The lowest BCUT2D eigenvalue weighted by molar-refractivity contribution is -0.149. The third-order valence-corrected chi connectivity index (χ3v) is 3.82. The zero-order valence-electron chi connectivity index (χ0n) is 13.6. The van der Waals surface area contributed by atoms with Gasteiger partial charge in [-0.3, -0.25) is 0 Å². The third kappa shape index (κ3) is 7.88.